The van der Waals surface area contributed by atoms with Crippen LogP contribution in [0.25, 0.3) is 0 Å². The van der Waals surface area contributed by atoms with Crippen LogP contribution in [0, 0.1) is 29.1 Å². The molecule has 1 fully saturated rings. The van der Waals surface area contributed by atoms with Crippen molar-refractivity contribution in [1.29, 1.82) is 5.26 Å². The number of hydrogen-bond donors (Lipinski definition) is 0. The molecule has 0 spiro atoms. The molecule has 1 aliphatic carbocycles. The Balaban J connectivity index is 2.39. The zero-order chi connectivity index (χ0) is 11.8. The highest BCUT2D eigenvalue weighted by atomic mass is 14.3. The molecule has 0 bridgehead atoms. The van der Waals surface area contributed by atoms with Crippen molar-refractivity contribution in [3.05, 3.63) is 0 Å². The molecule has 1 heteroatoms. The third-order valence-corrected chi connectivity index (χ3v) is 4.13. The van der Waals surface area contributed by atoms with Gasteiger partial charge in [-0.1, -0.05) is 58.8 Å². The SMILES string of the molecule is CC(C)C1CCCCCC(C#N)CCCC1. The van der Waals surface area contributed by atoms with E-state index in [-0.39, 0.29) is 0 Å². The Morgan fingerprint density at radius 2 is 1.38 bits per heavy atom. The maximum absolute atomic E-state index is 9.03. The van der Waals surface area contributed by atoms with Gasteiger partial charge in [0.05, 0.1) is 6.07 Å². The van der Waals surface area contributed by atoms with Crippen molar-refractivity contribution in [3.8, 4) is 6.07 Å². The molecule has 1 rings (SSSR count). The molecule has 0 aromatic heterocycles. The zero-order valence-corrected chi connectivity index (χ0v) is 11.0. The molecular formula is C15H27N. The third-order valence-electron chi connectivity index (χ3n) is 4.13. The van der Waals surface area contributed by atoms with Crippen molar-refractivity contribution in [1.82, 2.24) is 0 Å². The van der Waals surface area contributed by atoms with Crippen LogP contribution in [0.2, 0.25) is 0 Å². The molecule has 0 amide bonds. The second kappa shape index (κ2) is 7.71. The predicted octanol–water partition coefficient (Wildman–Crippen LogP) is 4.92. The summed E-state index contributed by atoms with van der Waals surface area (Å²) in [5.74, 6) is 2.11. The molecule has 2 atom stereocenters. The summed E-state index contributed by atoms with van der Waals surface area (Å²) in [7, 11) is 0. The quantitative estimate of drug-likeness (QED) is 0.616. The Morgan fingerprint density at radius 1 is 0.875 bits per heavy atom. The van der Waals surface area contributed by atoms with Gasteiger partial charge in [0.2, 0.25) is 0 Å². The number of nitrogens with zero attached hydrogens (tertiary/aromatic N) is 1. The van der Waals surface area contributed by atoms with Crippen LogP contribution >= 0.6 is 0 Å². The number of nitriles is 1. The monoisotopic (exact) mass is 221 g/mol. The lowest BCUT2D eigenvalue weighted by atomic mass is 9.86. The molecule has 1 aliphatic rings. The van der Waals surface area contributed by atoms with Crippen LogP contribution in [0.1, 0.15) is 71.6 Å². The average molecular weight is 221 g/mol. The van der Waals surface area contributed by atoms with Crippen LogP contribution in [0.5, 0.6) is 0 Å². The van der Waals surface area contributed by atoms with E-state index in [1.807, 2.05) is 0 Å². The van der Waals surface area contributed by atoms with Gasteiger partial charge in [0, 0.05) is 5.92 Å². The third kappa shape index (κ3) is 5.01. The van der Waals surface area contributed by atoms with Gasteiger partial charge in [-0.25, -0.2) is 0 Å². The first kappa shape index (κ1) is 13.6. The molecule has 92 valence electrons. The van der Waals surface area contributed by atoms with Crippen molar-refractivity contribution < 1.29 is 0 Å². The molecule has 1 nitrogen and oxygen atoms in total. The van der Waals surface area contributed by atoms with E-state index in [2.05, 4.69) is 19.9 Å². The van der Waals surface area contributed by atoms with Gasteiger partial charge in [-0.05, 0) is 24.7 Å². The van der Waals surface area contributed by atoms with E-state index in [4.69, 9.17) is 5.26 Å². The molecule has 0 saturated heterocycles. The van der Waals surface area contributed by atoms with Crippen LogP contribution in [0.4, 0.5) is 0 Å². The Bertz CT molecular complexity index is 214. The van der Waals surface area contributed by atoms with Crippen LogP contribution in [0.3, 0.4) is 0 Å². The first-order chi connectivity index (χ1) is 7.74. The summed E-state index contributed by atoms with van der Waals surface area (Å²) >= 11 is 0. The van der Waals surface area contributed by atoms with Gasteiger partial charge in [-0.3, -0.25) is 0 Å². The Kier molecular flexibility index (Phi) is 6.53. The van der Waals surface area contributed by atoms with Crippen LogP contribution in [0.15, 0.2) is 0 Å². The van der Waals surface area contributed by atoms with E-state index >= 15 is 0 Å². The molecule has 0 aliphatic heterocycles. The van der Waals surface area contributed by atoms with Gasteiger partial charge >= 0.3 is 0 Å². The number of hydrogen-bond acceptors (Lipinski definition) is 1. The van der Waals surface area contributed by atoms with Gasteiger partial charge in [-0.2, -0.15) is 5.26 Å². The van der Waals surface area contributed by atoms with Crippen molar-refractivity contribution >= 4 is 0 Å². The molecule has 1 saturated carbocycles. The highest BCUT2D eigenvalue weighted by Gasteiger charge is 2.15. The minimum absolute atomic E-state index is 0.343. The molecule has 0 aromatic carbocycles. The Labute approximate surface area is 101 Å². The van der Waals surface area contributed by atoms with E-state index in [9.17, 15) is 0 Å². The number of rotatable bonds is 1. The van der Waals surface area contributed by atoms with Crippen molar-refractivity contribution in [2.45, 2.75) is 71.6 Å². The van der Waals surface area contributed by atoms with E-state index in [1.54, 1.807) is 0 Å². The van der Waals surface area contributed by atoms with E-state index in [0.29, 0.717) is 5.92 Å². The first-order valence-corrected chi connectivity index (χ1v) is 7.13. The van der Waals surface area contributed by atoms with Crippen molar-refractivity contribution in [3.63, 3.8) is 0 Å². The molecule has 0 radical (unpaired) electrons. The second-order valence-electron chi connectivity index (χ2n) is 5.75. The van der Waals surface area contributed by atoms with E-state index < -0.39 is 0 Å². The van der Waals surface area contributed by atoms with E-state index in [0.717, 1.165) is 24.7 Å². The highest BCUT2D eigenvalue weighted by molar-refractivity contribution is 4.82. The van der Waals surface area contributed by atoms with Gasteiger partial charge in [-0.15, -0.1) is 0 Å². The lowest BCUT2D eigenvalue weighted by Crippen LogP contribution is -2.08. The topological polar surface area (TPSA) is 23.8 Å². The fourth-order valence-corrected chi connectivity index (χ4v) is 2.86. The van der Waals surface area contributed by atoms with Crippen LogP contribution in [-0.4, -0.2) is 0 Å². The largest absolute Gasteiger partial charge is 0.198 e. The average Bonchev–Trinajstić information content (AvgIpc) is 2.32. The van der Waals surface area contributed by atoms with E-state index in [1.165, 1.54) is 44.9 Å². The summed E-state index contributed by atoms with van der Waals surface area (Å²) in [6, 6.07) is 2.47. The summed E-state index contributed by atoms with van der Waals surface area (Å²) < 4.78 is 0. The summed E-state index contributed by atoms with van der Waals surface area (Å²) in [6.07, 6.45) is 11.7. The standard InChI is InChI=1S/C15H27N/c1-13(2)15-10-5-3-4-8-14(12-16)9-6-7-11-15/h13-15H,3-11H2,1-2H3. The van der Waals surface area contributed by atoms with Crippen molar-refractivity contribution in [2.75, 3.05) is 0 Å². The Morgan fingerprint density at radius 3 is 1.94 bits per heavy atom. The lowest BCUT2D eigenvalue weighted by Gasteiger charge is -2.20. The summed E-state index contributed by atoms with van der Waals surface area (Å²) in [5.41, 5.74) is 0. The Hall–Kier alpha value is -0.510. The van der Waals surface area contributed by atoms with Gasteiger partial charge in [0.1, 0.15) is 0 Å². The normalized spacial score (nSPS) is 29.4. The fourth-order valence-electron chi connectivity index (χ4n) is 2.86. The summed E-state index contributed by atoms with van der Waals surface area (Å²) in [4.78, 5) is 0. The smallest absolute Gasteiger partial charge is 0.0655 e. The van der Waals surface area contributed by atoms with Crippen LogP contribution in [-0.2, 0) is 0 Å². The van der Waals surface area contributed by atoms with Crippen molar-refractivity contribution in [2.24, 2.45) is 17.8 Å². The maximum atomic E-state index is 9.03. The minimum atomic E-state index is 0.343. The molecule has 16 heavy (non-hydrogen) atoms. The van der Waals surface area contributed by atoms with Gasteiger partial charge in [0.25, 0.3) is 0 Å². The minimum Gasteiger partial charge on any atom is -0.198 e. The summed E-state index contributed by atoms with van der Waals surface area (Å²) in [5, 5.41) is 9.03. The lowest BCUT2D eigenvalue weighted by molar-refractivity contribution is 0.317. The van der Waals surface area contributed by atoms with Gasteiger partial charge < -0.3 is 0 Å². The first-order valence-electron chi connectivity index (χ1n) is 7.13. The molecule has 2 unspecified atom stereocenters. The highest BCUT2D eigenvalue weighted by Crippen LogP contribution is 2.27. The second-order valence-corrected chi connectivity index (χ2v) is 5.75. The summed E-state index contributed by atoms with van der Waals surface area (Å²) in [6.45, 7) is 4.73. The zero-order valence-electron chi connectivity index (χ0n) is 11.0. The fraction of sp³-hybridized carbons (Fsp3) is 0.933. The van der Waals surface area contributed by atoms with Gasteiger partial charge in [0.15, 0.2) is 0 Å². The molecule has 0 N–H and O–H groups in total. The maximum Gasteiger partial charge on any atom is 0.0655 e. The molecular weight excluding hydrogens is 194 g/mol. The molecule has 0 heterocycles. The van der Waals surface area contributed by atoms with Crippen LogP contribution < -0.4 is 0 Å². The predicted molar refractivity (Wildman–Crippen MR) is 69.0 cm³/mol. The molecule has 0 aromatic rings.